The molecule has 6 unspecified atom stereocenters. The summed E-state index contributed by atoms with van der Waals surface area (Å²) in [6.07, 6.45) is 20.4. The van der Waals surface area contributed by atoms with Gasteiger partial charge in [0.25, 0.3) is 0 Å². The van der Waals surface area contributed by atoms with Gasteiger partial charge in [0.2, 0.25) is 0 Å². The molecule has 2 saturated carbocycles. The van der Waals surface area contributed by atoms with Gasteiger partial charge in [-0.25, -0.2) is 4.39 Å². The van der Waals surface area contributed by atoms with E-state index in [2.05, 4.69) is 55.8 Å². The summed E-state index contributed by atoms with van der Waals surface area (Å²) in [6, 6.07) is 20.2. The Labute approximate surface area is 280 Å². The fraction of sp³-hybridized carbons (Fsp3) is 0.634. The van der Waals surface area contributed by atoms with E-state index in [4.69, 9.17) is 12.2 Å². The number of carbonyl (C=O) groups is 1. The van der Waals surface area contributed by atoms with Crippen LogP contribution in [-0.4, -0.2) is 12.3 Å². The summed E-state index contributed by atoms with van der Waals surface area (Å²) in [6.45, 7) is 14.5. The topological polar surface area (TPSA) is 43.1 Å². The molecule has 2 aromatic rings. The van der Waals surface area contributed by atoms with Crippen molar-refractivity contribution in [1.82, 2.24) is 0 Å². The van der Waals surface area contributed by atoms with Crippen LogP contribution in [0.15, 0.2) is 60.7 Å². The van der Waals surface area contributed by atoms with Crippen molar-refractivity contribution >= 4 is 15.5 Å². The van der Waals surface area contributed by atoms with Gasteiger partial charge in [0.05, 0.1) is 0 Å². The van der Waals surface area contributed by atoms with Gasteiger partial charge in [0.1, 0.15) is 11.7 Å². The van der Waals surface area contributed by atoms with Crippen LogP contribution in [-0.2, 0) is 10.2 Å². The average Bonchev–Trinajstić information content (AvgIpc) is 3.84. The summed E-state index contributed by atoms with van der Waals surface area (Å²) < 4.78 is 14.0. The number of aldehydes is 1. The highest BCUT2D eigenvalue weighted by Gasteiger charge is 2.32. The third kappa shape index (κ3) is 21.4. The minimum Gasteiger partial charge on any atom is -0.328 e. The lowest BCUT2D eigenvalue weighted by Crippen LogP contribution is -2.25. The van der Waals surface area contributed by atoms with E-state index in [9.17, 15) is 9.18 Å². The third-order valence-corrected chi connectivity index (χ3v) is 8.89. The first-order valence-corrected chi connectivity index (χ1v) is 18.3. The van der Waals surface area contributed by atoms with Gasteiger partial charge in [-0.3, -0.25) is 0 Å². The maximum atomic E-state index is 14.0. The zero-order valence-corrected chi connectivity index (χ0v) is 31.0. The lowest BCUT2D eigenvalue weighted by atomic mass is 9.87. The molecule has 4 rings (SSSR count). The molecule has 2 aromatic carbocycles. The number of terminal acetylenes is 1. The van der Waals surface area contributed by atoms with Gasteiger partial charge in [-0.2, -0.15) is 0 Å². The van der Waals surface area contributed by atoms with E-state index in [1.165, 1.54) is 31.2 Å². The van der Waals surface area contributed by atoms with E-state index in [0.29, 0.717) is 23.4 Å². The molecule has 0 spiro atoms. The molecule has 45 heavy (non-hydrogen) atoms. The van der Waals surface area contributed by atoms with E-state index in [1.54, 1.807) is 6.92 Å². The molecular formula is C41H67FNOP. The summed E-state index contributed by atoms with van der Waals surface area (Å²) >= 11 is 0. The van der Waals surface area contributed by atoms with Crippen molar-refractivity contribution in [3.05, 3.63) is 71.8 Å². The van der Waals surface area contributed by atoms with Crippen molar-refractivity contribution in [3.63, 3.8) is 0 Å². The number of carbonyl (C=O) groups excluding carboxylic acids is 1. The summed E-state index contributed by atoms with van der Waals surface area (Å²) in [5.41, 5.74) is 7.57. The Morgan fingerprint density at radius 1 is 0.933 bits per heavy atom. The lowest BCUT2D eigenvalue weighted by molar-refractivity contribution is -0.110. The van der Waals surface area contributed by atoms with Crippen molar-refractivity contribution in [3.8, 4) is 12.3 Å². The van der Waals surface area contributed by atoms with E-state index >= 15 is 0 Å². The van der Waals surface area contributed by atoms with Crippen molar-refractivity contribution in [1.29, 1.82) is 0 Å². The Bertz CT molecular complexity index is 971. The molecule has 2 N–H and O–H groups in total. The number of hydrogen-bond donors (Lipinski definition) is 1. The smallest absolute Gasteiger partial charge is 0.145 e. The normalized spacial score (nSPS) is 22.2. The number of rotatable bonds is 10. The van der Waals surface area contributed by atoms with Crippen LogP contribution in [0.3, 0.4) is 0 Å². The molecule has 2 aliphatic carbocycles. The van der Waals surface area contributed by atoms with Gasteiger partial charge in [0, 0.05) is 17.9 Å². The zero-order valence-electron chi connectivity index (χ0n) is 29.8. The highest BCUT2D eigenvalue weighted by atomic mass is 31.0. The lowest BCUT2D eigenvalue weighted by Gasteiger charge is -2.21. The van der Waals surface area contributed by atoms with Gasteiger partial charge >= 0.3 is 0 Å². The Morgan fingerprint density at radius 2 is 1.44 bits per heavy atom. The average molecular weight is 640 g/mol. The summed E-state index contributed by atoms with van der Waals surface area (Å²) in [5, 5.41) is -1.39. The quantitative estimate of drug-likeness (QED) is 0.160. The minimum atomic E-state index is -1.39. The molecule has 2 fully saturated rings. The fourth-order valence-corrected chi connectivity index (χ4v) is 5.62. The molecule has 0 heterocycles. The first-order valence-electron chi connectivity index (χ1n) is 17.8. The van der Waals surface area contributed by atoms with E-state index < -0.39 is 5.41 Å². The van der Waals surface area contributed by atoms with Gasteiger partial charge in [0.15, 0.2) is 0 Å². The molecule has 0 saturated heterocycles. The molecule has 254 valence electrons. The Balaban J connectivity index is 0.000000632. The molecule has 0 aliphatic heterocycles. The van der Waals surface area contributed by atoms with Crippen molar-refractivity contribution in [2.45, 2.75) is 143 Å². The first-order chi connectivity index (χ1) is 21.5. The van der Waals surface area contributed by atoms with Crippen LogP contribution >= 0.6 is 9.24 Å². The van der Waals surface area contributed by atoms with Crippen LogP contribution in [0, 0.1) is 36.0 Å². The van der Waals surface area contributed by atoms with Gasteiger partial charge in [-0.05, 0) is 87.2 Å². The van der Waals surface area contributed by atoms with E-state index in [1.807, 2.05) is 61.5 Å². The highest BCUT2D eigenvalue weighted by molar-refractivity contribution is 7.18. The second-order valence-electron chi connectivity index (χ2n) is 13.1. The maximum Gasteiger partial charge on any atom is 0.145 e. The van der Waals surface area contributed by atoms with Crippen LogP contribution in [0.5, 0.6) is 0 Å². The van der Waals surface area contributed by atoms with Crippen molar-refractivity contribution in [2.75, 3.05) is 0 Å². The molecule has 0 amide bonds. The second-order valence-corrected chi connectivity index (χ2v) is 14.2. The summed E-state index contributed by atoms with van der Waals surface area (Å²) in [7, 11) is 2.25. The van der Waals surface area contributed by atoms with Gasteiger partial charge < -0.3 is 10.5 Å². The monoisotopic (exact) mass is 639 g/mol. The Kier molecular flexibility index (Phi) is 24.9. The minimum absolute atomic E-state index is 0.103. The van der Waals surface area contributed by atoms with Crippen LogP contribution in [0.2, 0.25) is 0 Å². The molecule has 4 heteroatoms. The predicted octanol–water partition coefficient (Wildman–Crippen LogP) is 11.9. The molecule has 2 aliphatic rings. The van der Waals surface area contributed by atoms with Gasteiger partial charge in [-0.1, -0.05) is 137 Å². The standard InChI is InChI=1S/C17H26FOP.C8H13N.C7H14.C6H6.C3H8/c1-4-6-14(10-9-13(2)12-19)15-7-5-8-16(11-15)17(3,18)20;1-2-7-3-5-8(9)6-4-7;1-3-6-5-7(6)4-2;1-2-4-6-5-3-1;1-3-2/h5,7-8,11-14H,4,6,9-10,20H2,1-3H3;1,7-8H,3-6,9H2;6-7H,3-5H2,1-2H3;1-6H;3H2,1-2H3. The Morgan fingerprint density at radius 3 is 1.82 bits per heavy atom. The number of alkyl halides is 1. The molecule has 0 radical (unpaired) electrons. The summed E-state index contributed by atoms with van der Waals surface area (Å²) in [4.78, 5) is 10.7. The predicted molar refractivity (Wildman–Crippen MR) is 200 cm³/mol. The largest absolute Gasteiger partial charge is 0.328 e. The molecule has 6 atom stereocenters. The third-order valence-electron chi connectivity index (χ3n) is 8.55. The van der Waals surface area contributed by atoms with Crippen LogP contribution in [0.1, 0.15) is 143 Å². The van der Waals surface area contributed by atoms with Crippen molar-refractivity contribution in [2.24, 2.45) is 29.4 Å². The highest BCUT2D eigenvalue weighted by Crippen LogP contribution is 2.43. The SMILES string of the molecule is C#CC1CCC(N)CC1.CCC.CCC1CC1CC.CCCC(CCC(C)C=O)c1cccc(C(C)(F)P)c1.c1ccccc1. The fourth-order valence-electron chi connectivity index (χ4n) is 5.44. The number of halogens is 1. The van der Waals surface area contributed by atoms with Crippen LogP contribution < -0.4 is 5.73 Å². The number of hydrogen-bond acceptors (Lipinski definition) is 2. The second kappa shape index (κ2) is 26.1. The maximum absolute atomic E-state index is 14.0. The number of nitrogens with two attached hydrogens (primary N) is 1. The molecule has 0 bridgehead atoms. The van der Waals surface area contributed by atoms with E-state index in [-0.39, 0.29) is 5.92 Å². The van der Waals surface area contributed by atoms with Gasteiger partial charge in [-0.15, -0.1) is 12.3 Å². The molecule has 2 nitrogen and oxygen atoms in total. The van der Waals surface area contributed by atoms with Crippen LogP contribution in [0.4, 0.5) is 4.39 Å². The first kappa shape index (κ1) is 43.0. The van der Waals surface area contributed by atoms with E-state index in [0.717, 1.165) is 69.5 Å². The zero-order chi connectivity index (χ0) is 34.1. The number of benzene rings is 2. The molecular weight excluding hydrogens is 572 g/mol. The van der Waals surface area contributed by atoms with Crippen molar-refractivity contribution < 1.29 is 9.18 Å². The summed E-state index contributed by atoms with van der Waals surface area (Å²) in [5.74, 6) is 6.03. The Hall–Kier alpha value is -2.01. The van der Waals surface area contributed by atoms with Crippen LogP contribution in [0.25, 0.3) is 0 Å². The molecule has 0 aromatic heterocycles.